The van der Waals surface area contributed by atoms with E-state index in [9.17, 15) is 9.18 Å². The number of nitrogens with zero attached hydrogens (tertiary/aromatic N) is 7. The molecule has 1 aliphatic heterocycles. The minimum Gasteiger partial charge on any atom is -0.345 e. The van der Waals surface area contributed by atoms with Gasteiger partial charge in [-0.2, -0.15) is 4.98 Å². The van der Waals surface area contributed by atoms with Gasteiger partial charge in [0.25, 0.3) is 5.91 Å². The number of hydrogen-bond donors (Lipinski definition) is 1. The Labute approximate surface area is 218 Å². The standard InChI is InChI=1S/C26H30F2N8O2/c1-15(2)11-21-32-26(38-33-21)35-9-7-17(8-10-35)36-13-19(28)22-23(29-14-30-24(22)36)31-20-6-5-16(12-18(20)27)25(37)34(3)4/h5-6,12-15,17H,7-11H2,1-4H3,(H,29,30,31). The van der Waals surface area contributed by atoms with Crippen LogP contribution in [-0.4, -0.2) is 62.7 Å². The first-order valence-electron chi connectivity index (χ1n) is 12.6. The van der Waals surface area contributed by atoms with Crippen molar-refractivity contribution in [1.29, 1.82) is 0 Å². The molecule has 1 aliphatic rings. The Hall–Kier alpha value is -4.09. The maximum atomic E-state index is 15.2. The first-order valence-corrected chi connectivity index (χ1v) is 12.6. The highest BCUT2D eigenvalue weighted by Gasteiger charge is 2.27. The van der Waals surface area contributed by atoms with Crippen LogP contribution in [0.15, 0.2) is 35.2 Å². The predicted molar refractivity (Wildman–Crippen MR) is 139 cm³/mol. The Balaban J connectivity index is 1.34. The lowest BCUT2D eigenvalue weighted by atomic mass is 10.1. The summed E-state index contributed by atoms with van der Waals surface area (Å²) < 4.78 is 37.3. The summed E-state index contributed by atoms with van der Waals surface area (Å²) in [6.45, 7) is 5.56. The molecular formula is C26H30F2N8O2. The smallest absolute Gasteiger partial charge is 0.324 e. The molecule has 0 unspecified atom stereocenters. The van der Waals surface area contributed by atoms with E-state index in [-0.39, 0.29) is 34.4 Å². The first kappa shape index (κ1) is 25.6. The molecule has 1 aromatic carbocycles. The average Bonchev–Trinajstić information content (AvgIpc) is 3.49. The maximum Gasteiger partial charge on any atom is 0.324 e. The Kier molecular flexibility index (Phi) is 6.96. The Morgan fingerprint density at radius 2 is 1.95 bits per heavy atom. The zero-order valence-electron chi connectivity index (χ0n) is 21.8. The predicted octanol–water partition coefficient (Wildman–Crippen LogP) is 4.58. The van der Waals surface area contributed by atoms with Crippen LogP contribution in [0.4, 0.5) is 26.3 Å². The first-order chi connectivity index (χ1) is 18.2. The lowest BCUT2D eigenvalue weighted by Gasteiger charge is -2.31. The number of halogens is 2. The third kappa shape index (κ3) is 5.02. The third-order valence-corrected chi connectivity index (χ3v) is 6.61. The number of carbonyl (C=O) groups is 1. The summed E-state index contributed by atoms with van der Waals surface area (Å²) in [4.78, 5) is 28.6. The van der Waals surface area contributed by atoms with Gasteiger partial charge in [-0.05, 0) is 37.0 Å². The topological polar surface area (TPSA) is 105 Å². The quantitative estimate of drug-likeness (QED) is 0.375. The SMILES string of the molecule is CC(C)Cc1noc(N2CCC(n3cc(F)c4c(Nc5ccc(C(=O)N(C)C)cc5F)ncnc43)CC2)n1. The zero-order chi connectivity index (χ0) is 27.0. The van der Waals surface area contributed by atoms with E-state index in [1.807, 2.05) is 9.47 Å². The van der Waals surface area contributed by atoms with Crippen LogP contribution in [0.3, 0.4) is 0 Å². The highest BCUT2D eigenvalue weighted by atomic mass is 19.1. The molecule has 0 radical (unpaired) electrons. The molecular weight excluding hydrogens is 494 g/mol. The van der Waals surface area contributed by atoms with Gasteiger partial charge < -0.3 is 24.2 Å². The second-order valence-corrected chi connectivity index (χ2v) is 10.1. The van der Waals surface area contributed by atoms with Crippen LogP contribution < -0.4 is 10.2 Å². The van der Waals surface area contributed by atoms with Crippen molar-refractivity contribution < 1.29 is 18.1 Å². The molecule has 38 heavy (non-hydrogen) atoms. The summed E-state index contributed by atoms with van der Waals surface area (Å²) >= 11 is 0. The third-order valence-electron chi connectivity index (χ3n) is 6.61. The van der Waals surface area contributed by atoms with Crippen molar-refractivity contribution in [3.05, 3.63) is 53.7 Å². The summed E-state index contributed by atoms with van der Waals surface area (Å²) in [5.74, 6) is -0.174. The Morgan fingerprint density at radius 1 is 1.18 bits per heavy atom. The van der Waals surface area contributed by atoms with Crippen LogP contribution in [0, 0.1) is 17.6 Å². The van der Waals surface area contributed by atoms with Crippen LogP contribution in [0.1, 0.15) is 48.9 Å². The summed E-state index contributed by atoms with van der Waals surface area (Å²) in [7, 11) is 3.19. The molecule has 10 nitrogen and oxygen atoms in total. The molecule has 5 rings (SSSR count). The van der Waals surface area contributed by atoms with E-state index in [1.165, 1.54) is 29.6 Å². The summed E-state index contributed by atoms with van der Waals surface area (Å²) in [5, 5.41) is 7.12. The summed E-state index contributed by atoms with van der Waals surface area (Å²) in [6.07, 6.45) is 4.97. The Bertz CT molecular complexity index is 1460. The van der Waals surface area contributed by atoms with Gasteiger partial charge in [0, 0.05) is 51.4 Å². The van der Waals surface area contributed by atoms with Crippen LogP contribution in [0.2, 0.25) is 0 Å². The van der Waals surface area contributed by atoms with E-state index < -0.39 is 11.6 Å². The number of nitrogens with one attached hydrogen (secondary N) is 1. The van der Waals surface area contributed by atoms with Gasteiger partial charge in [-0.1, -0.05) is 19.0 Å². The summed E-state index contributed by atoms with van der Waals surface area (Å²) in [6, 6.07) is 4.61. The Morgan fingerprint density at radius 3 is 2.63 bits per heavy atom. The lowest BCUT2D eigenvalue weighted by molar-refractivity contribution is 0.0827. The minimum atomic E-state index is -0.644. The number of amides is 1. The van der Waals surface area contributed by atoms with Gasteiger partial charge in [0.2, 0.25) is 0 Å². The van der Waals surface area contributed by atoms with Crippen molar-refractivity contribution in [2.45, 2.75) is 39.2 Å². The normalized spacial score (nSPS) is 14.4. The fraction of sp³-hybridized carbons (Fsp3) is 0.423. The minimum absolute atomic E-state index is 0.00659. The number of aromatic nitrogens is 5. The number of hydrogen-bond acceptors (Lipinski definition) is 8. The van der Waals surface area contributed by atoms with Gasteiger partial charge in [-0.3, -0.25) is 4.79 Å². The average molecular weight is 525 g/mol. The van der Waals surface area contributed by atoms with E-state index in [4.69, 9.17) is 4.52 Å². The fourth-order valence-corrected chi connectivity index (χ4v) is 4.70. The highest BCUT2D eigenvalue weighted by molar-refractivity contribution is 5.95. The van der Waals surface area contributed by atoms with E-state index in [1.54, 1.807) is 14.1 Å². The van der Waals surface area contributed by atoms with Crippen molar-refractivity contribution in [2.75, 3.05) is 37.4 Å². The van der Waals surface area contributed by atoms with Crippen molar-refractivity contribution >= 4 is 34.5 Å². The molecule has 4 aromatic rings. The van der Waals surface area contributed by atoms with Gasteiger partial charge in [0.1, 0.15) is 23.6 Å². The fourth-order valence-electron chi connectivity index (χ4n) is 4.70. The van der Waals surface area contributed by atoms with Crippen LogP contribution in [-0.2, 0) is 6.42 Å². The zero-order valence-corrected chi connectivity index (χ0v) is 21.8. The van der Waals surface area contributed by atoms with Gasteiger partial charge >= 0.3 is 6.01 Å². The van der Waals surface area contributed by atoms with E-state index in [2.05, 4.69) is 39.3 Å². The monoisotopic (exact) mass is 524 g/mol. The molecule has 3 aromatic heterocycles. The van der Waals surface area contributed by atoms with Gasteiger partial charge in [0.15, 0.2) is 11.6 Å². The highest BCUT2D eigenvalue weighted by Crippen LogP contribution is 2.33. The van der Waals surface area contributed by atoms with E-state index in [0.29, 0.717) is 36.5 Å². The number of anilines is 3. The molecule has 200 valence electrons. The molecule has 1 N–H and O–H groups in total. The van der Waals surface area contributed by atoms with Crippen LogP contribution in [0.25, 0.3) is 11.0 Å². The largest absolute Gasteiger partial charge is 0.345 e. The van der Waals surface area contributed by atoms with Crippen molar-refractivity contribution in [1.82, 2.24) is 29.6 Å². The molecule has 0 spiro atoms. The van der Waals surface area contributed by atoms with Crippen molar-refractivity contribution in [2.24, 2.45) is 5.92 Å². The van der Waals surface area contributed by atoms with Crippen LogP contribution >= 0.6 is 0 Å². The van der Waals surface area contributed by atoms with E-state index in [0.717, 1.165) is 25.3 Å². The van der Waals surface area contributed by atoms with Crippen molar-refractivity contribution in [3.8, 4) is 0 Å². The molecule has 0 saturated carbocycles. The number of fused-ring (bicyclic) bond motifs is 1. The molecule has 0 aliphatic carbocycles. The molecule has 0 atom stereocenters. The van der Waals surface area contributed by atoms with Gasteiger partial charge in [-0.25, -0.2) is 18.7 Å². The van der Waals surface area contributed by atoms with Gasteiger partial charge in [-0.15, -0.1) is 0 Å². The van der Waals surface area contributed by atoms with Crippen molar-refractivity contribution in [3.63, 3.8) is 0 Å². The number of piperidine rings is 1. The van der Waals surface area contributed by atoms with Gasteiger partial charge in [0.05, 0.1) is 11.1 Å². The number of rotatable bonds is 7. The second kappa shape index (κ2) is 10.3. The summed E-state index contributed by atoms with van der Waals surface area (Å²) in [5.41, 5.74) is 0.721. The second-order valence-electron chi connectivity index (χ2n) is 10.1. The molecule has 4 heterocycles. The molecule has 1 fully saturated rings. The van der Waals surface area contributed by atoms with Crippen LogP contribution in [0.5, 0.6) is 0 Å². The lowest BCUT2D eigenvalue weighted by Crippen LogP contribution is -2.34. The molecule has 1 amide bonds. The van der Waals surface area contributed by atoms with E-state index >= 15 is 4.39 Å². The molecule has 12 heteroatoms. The number of benzene rings is 1. The number of carbonyl (C=O) groups excluding carboxylic acids is 1. The maximum absolute atomic E-state index is 15.2. The molecule has 1 saturated heterocycles. The molecule has 0 bridgehead atoms.